The Bertz CT molecular complexity index is 3140. The molecule has 1 aromatic heterocycles. The maximum Gasteiger partial charge on any atom is 0.410 e. The largest absolute Gasteiger partial charge is 0.444 e. The number of anilines is 2. The van der Waals surface area contributed by atoms with E-state index in [9.17, 15) is 19.8 Å². The van der Waals surface area contributed by atoms with E-state index in [1.54, 1.807) is 22.1 Å². The number of rotatable bonds is 10. The van der Waals surface area contributed by atoms with E-state index in [0.29, 0.717) is 86.2 Å². The number of aliphatic hydroxyl groups excluding tert-OH is 2. The van der Waals surface area contributed by atoms with Crippen molar-refractivity contribution in [3.8, 4) is 0 Å². The summed E-state index contributed by atoms with van der Waals surface area (Å²) in [5.41, 5.74) is 11.8. The summed E-state index contributed by atoms with van der Waals surface area (Å²) in [6.07, 6.45) is 4.48. The molecule has 0 radical (unpaired) electrons. The predicted molar refractivity (Wildman–Crippen MR) is 358 cm³/mol. The highest BCUT2D eigenvalue weighted by molar-refractivity contribution is 9.10. The van der Waals surface area contributed by atoms with Crippen LogP contribution in [0.15, 0.2) is 89.5 Å². The first-order chi connectivity index (χ1) is 43.6. The summed E-state index contributed by atoms with van der Waals surface area (Å²) < 4.78 is 45.2. The van der Waals surface area contributed by atoms with Gasteiger partial charge in [0.1, 0.15) is 17.0 Å². The van der Waals surface area contributed by atoms with Crippen molar-refractivity contribution in [1.82, 2.24) is 25.1 Å². The van der Waals surface area contributed by atoms with Crippen molar-refractivity contribution in [2.45, 2.75) is 120 Å². The highest BCUT2D eigenvalue weighted by atomic mass is 79.9. The number of ether oxygens (including phenoxy) is 8. The molecule has 0 saturated carbocycles. The molecule has 6 fully saturated rings. The van der Waals surface area contributed by atoms with Crippen molar-refractivity contribution in [2.75, 3.05) is 129 Å². The van der Waals surface area contributed by atoms with Gasteiger partial charge in [0.2, 0.25) is 5.95 Å². The van der Waals surface area contributed by atoms with Gasteiger partial charge in [-0.2, -0.15) is 4.98 Å². The molecule has 498 valence electrons. The number of benzene rings is 4. The highest BCUT2D eigenvalue weighted by Crippen LogP contribution is 2.38. The van der Waals surface area contributed by atoms with Crippen molar-refractivity contribution >= 4 is 86.3 Å². The summed E-state index contributed by atoms with van der Waals surface area (Å²) in [6.45, 7) is 21.8. The number of nitrogens with one attached hydrogen (secondary N) is 1. The topological polar surface area (TPSA) is 222 Å². The van der Waals surface area contributed by atoms with Crippen LogP contribution in [-0.4, -0.2) is 172 Å². The predicted octanol–water partition coefficient (Wildman–Crippen LogP) is 13.2. The molecule has 0 aliphatic carbocycles. The summed E-state index contributed by atoms with van der Waals surface area (Å²) in [5, 5.41) is 24.9. The molecular weight excluding hydrogens is 1320 g/mol. The van der Waals surface area contributed by atoms with Crippen LogP contribution < -0.4 is 16.0 Å². The molecule has 5 N–H and O–H groups in total. The van der Waals surface area contributed by atoms with E-state index in [2.05, 4.69) is 60.4 Å². The van der Waals surface area contributed by atoms with Crippen molar-refractivity contribution < 1.29 is 57.7 Å². The fourth-order valence-electron chi connectivity index (χ4n) is 11.0. The number of aliphatic hydroxyl groups is 2. The van der Waals surface area contributed by atoms with Gasteiger partial charge < -0.3 is 64.1 Å². The van der Waals surface area contributed by atoms with Gasteiger partial charge in [-0.1, -0.05) is 105 Å². The third-order valence-corrected chi connectivity index (χ3v) is 17.8. The Morgan fingerprint density at radius 2 is 1.05 bits per heavy atom. The van der Waals surface area contributed by atoms with Crippen molar-refractivity contribution in [3.63, 3.8) is 0 Å². The average molecular weight is 1410 g/mol. The molecule has 6 saturated heterocycles. The molecule has 91 heavy (non-hydrogen) atoms. The lowest BCUT2D eigenvalue weighted by Crippen LogP contribution is -2.40. The van der Waals surface area contributed by atoms with E-state index in [1.165, 1.54) is 11.1 Å². The molecule has 7 heterocycles. The standard InChI is InChI=1S/C19H26ClNO4.C18H23ClN4O3.C16H21BrClNO3.C14H18ClNO2/c1-19(2,3)25-18(22)21-7-4-8-23-12-17(21)15-6-5-13(9-16(15)20)14-10-24-11-14;19-15-8-12(13(9-24)10-25)2-3-14(15)16-11-26-7-1-6-23(16)17-4-5-21-18(20)22-17;1-16(2,3)22-15(20)19-7-4-8-21-10-14(19)12-6-5-11(17)9-13(12)18;15-13-6-10(11-7-18-8-11)2-3-12(13)14-9-17-5-1-4-16-14/h5-6,9,14,17H,4,7-8,10-12H2,1-3H3;2-5,8,13,16,24-25H,1,6-7,9-11H2,(H2,20,21,22);5-6,9,14H,4,7-8,10H2,1-3H3;2-3,6,11,14,16H,1,4-5,7-9H2. The number of hydrogen-bond acceptors (Lipinski definition) is 17. The van der Waals surface area contributed by atoms with Gasteiger partial charge in [0.25, 0.3) is 0 Å². The van der Waals surface area contributed by atoms with Crippen molar-refractivity contribution in [1.29, 1.82) is 0 Å². The first kappa shape index (κ1) is 72.2. The highest BCUT2D eigenvalue weighted by Gasteiger charge is 2.35. The molecule has 0 bridgehead atoms. The van der Waals surface area contributed by atoms with E-state index in [-0.39, 0.29) is 61.4 Å². The van der Waals surface area contributed by atoms with E-state index >= 15 is 0 Å². The number of nitrogen functional groups attached to an aromatic ring is 1. The van der Waals surface area contributed by atoms with Crippen LogP contribution in [0.2, 0.25) is 20.1 Å². The lowest BCUT2D eigenvalue weighted by Gasteiger charge is -2.33. The maximum atomic E-state index is 12.7. The smallest absolute Gasteiger partial charge is 0.410 e. The molecule has 4 aromatic carbocycles. The second-order valence-corrected chi connectivity index (χ2v) is 27.7. The monoisotopic (exact) mass is 1400 g/mol. The Morgan fingerprint density at radius 3 is 1.54 bits per heavy atom. The van der Waals surface area contributed by atoms with Gasteiger partial charge in [0, 0.05) is 94.6 Å². The van der Waals surface area contributed by atoms with Crippen molar-refractivity contribution in [3.05, 3.63) is 149 Å². The van der Waals surface area contributed by atoms with E-state index in [0.717, 1.165) is 115 Å². The zero-order valence-corrected chi connectivity index (χ0v) is 57.5. The molecule has 6 aliphatic heterocycles. The summed E-state index contributed by atoms with van der Waals surface area (Å²) in [7, 11) is 0. The van der Waals surface area contributed by atoms with Gasteiger partial charge in [-0.25, -0.2) is 14.6 Å². The molecule has 11 rings (SSSR count). The minimum Gasteiger partial charge on any atom is -0.444 e. The lowest BCUT2D eigenvalue weighted by atomic mass is 9.95. The summed E-state index contributed by atoms with van der Waals surface area (Å²) in [4.78, 5) is 39.1. The third kappa shape index (κ3) is 20.9. The van der Waals surface area contributed by atoms with Gasteiger partial charge >= 0.3 is 12.2 Å². The zero-order valence-electron chi connectivity index (χ0n) is 52.9. The van der Waals surface area contributed by atoms with Gasteiger partial charge in [-0.3, -0.25) is 9.80 Å². The van der Waals surface area contributed by atoms with Crippen LogP contribution in [0.4, 0.5) is 21.4 Å². The van der Waals surface area contributed by atoms with E-state index in [4.69, 9.17) is 90.0 Å². The quantitative estimate of drug-likeness (QED) is 0.102. The Hall–Kier alpha value is -4.62. The van der Waals surface area contributed by atoms with Crippen molar-refractivity contribution in [2.24, 2.45) is 0 Å². The Balaban J connectivity index is 0.000000158. The van der Waals surface area contributed by atoms with Gasteiger partial charge in [0.05, 0.1) is 90.2 Å². The number of halogens is 5. The average Bonchev–Trinajstić information content (AvgIpc) is 1.79. The summed E-state index contributed by atoms with van der Waals surface area (Å²) in [6, 6.07) is 25.2. The van der Waals surface area contributed by atoms with Crippen LogP contribution in [0.3, 0.4) is 0 Å². The molecule has 2 amide bonds. The Kier molecular flexibility index (Phi) is 27.5. The van der Waals surface area contributed by atoms with E-state index < -0.39 is 11.2 Å². The second kappa shape index (κ2) is 34.7. The first-order valence-electron chi connectivity index (χ1n) is 31.2. The molecule has 24 heteroatoms. The fourth-order valence-corrected chi connectivity index (χ4v) is 12.8. The molecule has 6 aliphatic rings. The van der Waals surface area contributed by atoms with Gasteiger partial charge in [-0.05, 0) is 149 Å². The number of carbonyl (C=O) groups excluding carboxylic acids is 2. The molecule has 4 atom stereocenters. The van der Waals surface area contributed by atoms with Gasteiger partial charge in [0.15, 0.2) is 0 Å². The molecule has 4 unspecified atom stereocenters. The van der Waals surface area contributed by atoms with Crippen LogP contribution in [0, 0.1) is 0 Å². The van der Waals surface area contributed by atoms with Crippen LogP contribution in [0.25, 0.3) is 0 Å². The lowest BCUT2D eigenvalue weighted by molar-refractivity contribution is 0.00826. The normalized spacial score (nSPS) is 21.1. The SMILES string of the molecule is CC(C)(C)OC(=O)N1CCCOCC1c1ccc(Br)cc1Cl.CC(C)(C)OC(=O)N1CCCOCC1c1ccc(C2COC2)cc1Cl.Clc1cc(C2COC2)ccc1C1COCCCN1.Nc1nccc(N2CCCOCC2c2ccc(C(CO)CO)cc2Cl)n1. The first-order valence-corrected chi connectivity index (χ1v) is 33.5. The molecule has 19 nitrogen and oxygen atoms in total. The van der Waals surface area contributed by atoms with Crippen LogP contribution in [-0.2, 0) is 37.9 Å². The van der Waals surface area contributed by atoms with E-state index in [1.807, 2.05) is 90.1 Å². The Labute approximate surface area is 563 Å². The van der Waals surface area contributed by atoms with Crippen LogP contribution in [0.1, 0.15) is 148 Å². The second-order valence-electron chi connectivity index (χ2n) is 25.1. The fraction of sp³-hybridized carbons (Fsp3) is 0.552. The summed E-state index contributed by atoms with van der Waals surface area (Å²) >= 11 is 29.3. The minimum atomic E-state index is -0.535. The number of aromatic nitrogens is 2. The molecule has 0 spiro atoms. The maximum absolute atomic E-state index is 12.7. The number of hydrogen-bond donors (Lipinski definition) is 4. The molecular formula is C67H88BrCl4N7O12. The molecule has 5 aromatic rings. The Morgan fingerprint density at radius 1 is 0.593 bits per heavy atom. The zero-order chi connectivity index (χ0) is 65.2. The van der Waals surface area contributed by atoms with Crippen LogP contribution in [0.5, 0.6) is 0 Å². The number of nitrogens with zero attached hydrogens (tertiary/aromatic N) is 5. The number of amides is 2. The number of nitrogens with two attached hydrogens (primary N) is 1. The summed E-state index contributed by atoms with van der Waals surface area (Å²) in [5.74, 6) is 1.55. The minimum absolute atomic E-state index is 0.116. The van der Waals surface area contributed by atoms with Gasteiger partial charge in [-0.15, -0.1) is 0 Å². The third-order valence-electron chi connectivity index (χ3n) is 16.0. The van der Waals surface area contributed by atoms with Crippen LogP contribution >= 0.6 is 62.3 Å². The number of carbonyl (C=O) groups is 2.